The largest absolute Gasteiger partial charge is 0.356 e. The number of aromatic nitrogens is 2. The van der Waals surface area contributed by atoms with Crippen LogP contribution in [0.1, 0.15) is 29.8 Å². The van der Waals surface area contributed by atoms with Crippen LogP contribution in [0.3, 0.4) is 0 Å². The standard InChI is InChI=1S/C16H30N6/c1-12-15(13(2)22(5)20-12)11-19-16(17-3)18-10-14-6-8-21(4)9-7-14/h14H,6-11H2,1-5H3,(H2,17,18,19). The van der Waals surface area contributed by atoms with Gasteiger partial charge in [-0.1, -0.05) is 0 Å². The van der Waals surface area contributed by atoms with Crippen LogP contribution in [0.2, 0.25) is 0 Å². The van der Waals surface area contributed by atoms with Gasteiger partial charge >= 0.3 is 0 Å². The highest BCUT2D eigenvalue weighted by Gasteiger charge is 2.17. The van der Waals surface area contributed by atoms with E-state index in [0.717, 1.165) is 30.7 Å². The van der Waals surface area contributed by atoms with E-state index in [1.54, 1.807) is 0 Å². The van der Waals surface area contributed by atoms with Crippen LogP contribution in [0.25, 0.3) is 0 Å². The average Bonchev–Trinajstić information content (AvgIpc) is 2.75. The van der Waals surface area contributed by atoms with Gasteiger partial charge in [-0.05, 0) is 52.7 Å². The topological polar surface area (TPSA) is 57.5 Å². The van der Waals surface area contributed by atoms with Gasteiger partial charge < -0.3 is 15.5 Å². The van der Waals surface area contributed by atoms with Crippen LogP contribution in [0.4, 0.5) is 0 Å². The number of piperidine rings is 1. The maximum atomic E-state index is 4.45. The molecule has 1 aliphatic heterocycles. The van der Waals surface area contributed by atoms with Gasteiger partial charge in [-0.15, -0.1) is 0 Å². The van der Waals surface area contributed by atoms with Crippen molar-refractivity contribution in [1.82, 2.24) is 25.3 Å². The van der Waals surface area contributed by atoms with E-state index >= 15 is 0 Å². The van der Waals surface area contributed by atoms with Crippen LogP contribution in [0.5, 0.6) is 0 Å². The fraction of sp³-hybridized carbons (Fsp3) is 0.750. The minimum Gasteiger partial charge on any atom is -0.356 e. The van der Waals surface area contributed by atoms with Gasteiger partial charge in [0.05, 0.1) is 5.69 Å². The van der Waals surface area contributed by atoms with Gasteiger partial charge in [0.25, 0.3) is 0 Å². The Morgan fingerprint density at radius 3 is 2.45 bits per heavy atom. The van der Waals surface area contributed by atoms with E-state index in [9.17, 15) is 0 Å². The number of likely N-dealkylation sites (tertiary alicyclic amines) is 1. The van der Waals surface area contributed by atoms with Crippen molar-refractivity contribution in [3.63, 3.8) is 0 Å². The molecule has 0 aromatic carbocycles. The van der Waals surface area contributed by atoms with Crippen molar-refractivity contribution in [3.8, 4) is 0 Å². The van der Waals surface area contributed by atoms with Crippen molar-refractivity contribution < 1.29 is 0 Å². The van der Waals surface area contributed by atoms with E-state index < -0.39 is 0 Å². The van der Waals surface area contributed by atoms with Crippen molar-refractivity contribution in [3.05, 3.63) is 17.0 Å². The summed E-state index contributed by atoms with van der Waals surface area (Å²) in [5, 5.41) is 11.3. The van der Waals surface area contributed by atoms with Crippen LogP contribution >= 0.6 is 0 Å². The second kappa shape index (κ2) is 7.63. The van der Waals surface area contributed by atoms with Crippen molar-refractivity contribution >= 4 is 5.96 Å². The molecule has 0 saturated carbocycles. The summed E-state index contributed by atoms with van der Waals surface area (Å²) in [5.74, 6) is 1.62. The minimum atomic E-state index is 0.747. The van der Waals surface area contributed by atoms with Gasteiger partial charge in [0.1, 0.15) is 0 Å². The molecule has 0 spiro atoms. The second-order valence-electron chi connectivity index (χ2n) is 6.33. The first-order chi connectivity index (χ1) is 10.5. The van der Waals surface area contributed by atoms with Crippen molar-refractivity contribution in [2.24, 2.45) is 18.0 Å². The smallest absolute Gasteiger partial charge is 0.191 e. The molecule has 0 radical (unpaired) electrons. The van der Waals surface area contributed by atoms with E-state index in [1.807, 2.05) is 18.8 Å². The Morgan fingerprint density at radius 2 is 1.91 bits per heavy atom. The number of hydrogen-bond acceptors (Lipinski definition) is 3. The lowest BCUT2D eigenvalue weighted by Crippen LogP contribution is -2.42. The molecule has 0 aliphatic carbocycles. The summed E-state index contributed by atoms with van der Waals surface area (Å²) in [6.45, 7) is 8.32. The zero-order valence-electron chi connectivity index (χ0n) is 14.6. The molecular formula is C16H30N6. The summed E-state index contributed by atoms with van der Waals surface area (Å²) in [5.41, 5.74) is 3.54. The molecule has 0 bridgehead atoms. The number of aliphatic imine (C=N–C) groups is 1. The third-order valence-corrected chi connectivity index (χ3v) is 4.71. The molecule has 1 saturated heterocycles. The predicted molar refractivity (Wildman–Crippen MR) is 91.1 cm³/mol. The second-order valence-corrected chi connectivity index (χ2v) is 6.33. The number of guanidine groups is 1. The average molecular weight is 306 g/mol. The summed E-state index contributed by atoms with van der Waals surface area (Å²) < 4.78 is 1.93. The molecule has 124 valence electrons. The highest BCUT2D eigenvalue weighted by atomic mass is 15.3. The van der Waals surface area contributed by atoms with Gasteiger partial charge in [0.15, 0.2) is 5.96 Å². The highest BCUT2D eigenvalue weighted by molar-refractivity contribution is 5.79. The van der Waals surface area contributed by atoms with Crippen LogP contribution < -0.4 is 10.6 Å². The lowest BCUT2D eigenvalue weighted by atomic mass is 9.97. The Bertz CT molecular complexity index is 511. The van der Waals surface area contributed by atoms with Crippen molar-refractivity contribution in [1.29, 1.82) is 0 Å². The Hall–Kier alpha value is -1.56. The molecule has 2 N–H and O–H groups in total. The molecule has 6 nitrogen and oxygen atoms in total. The Morgan fingerprint density at radius 1 is 1.23 bits per heavy atom. The lowest BCUT2D eigenvalue weighted by Gasteiger charge is -2.29. The first-order valence-electron chi connectivity index (χ1n) is 8.13. The molecule has 1 fully saturated rings. The van der Waals surface area contributed by atoms with Crippen molar-refractivity contribution in [2.75, 3.05) is 33.7 Å². The summed E-state index contributed by atoms with van der Waals surface area (Å²) in [4.78, 5) is 6.73. The van der Waals surface area contributed by atoms with E-state index in [0.29, 0.717) is 0 Å². The first-order valence-corrected chi connectivity index (χ1v) is 8.13. The number of nitrogens with one attached hydrogen (secondary N) is 2. The van der Waals surface area contributed by atoms with Gasteiger partial charge in [-0.3, -0.25) is 9.67 Å². The van der Waals surface area contributed by atoms with Crippen molar-refractivity contribution in [2.45, 2.75) is 33.2 Å². The zero-order valence-corrected chi connectivity index (χ0v) is 14.6. The third kappa shape index (κ3) is 4.22. The minimum absolute atomic E-state index is 0.747. The fourth-order valence-electron chi connectivity index (χ4n) is 2.97. The molecule has 1 aromatic rings. The summed E-state index contributed by atoms with van der Waals surface area (Å²) >= 11 is 0. The Balaban J connectivity index is 1.80. The quantitative estimate of drug-likeness (QED) is 0.645. The van der Waals surface area contributed by atoms with Gasteiger partial charge in [-0.25, -0.2) is 0 Å². The van der Waals surface area contributed by atoms with Gasteiger partial charge in [0.2, 0.25) is 0 Å². The van der Waals surface area contributed by atoms with Crippen LogP contribution in [-0.4, -0.2) is 54.4 Å². The molecule has 2 rings (SSSR count). The molecular weight excluding hydrogens is 276 g/mol. The Kier molecular flexibility index (Phi) is 5.83. The molecule has 0 atom stereocenters. The van der Waals surface area contributed by atoms with Crippen LogP contribution in [-0.2, 0) is 13.6 Å². The fourth-order valence-corrected chi connectivity index (χ4v) is 2.97. The number of hydrogen-bond donors (Lipinski definition) is 2. The van der Waals surface area contributed by atoms with E-state index in [4.69, 9.17) is 0 Å². The SMILES string of the molecule is CN=C(NCc1c(C)nn(C)c1C)NCC1CCN(C)CC1. The van der Waals surface area contributed by atoms with E-state index in [2.05, 4.69) is 46.5 Å². The predicted octanol–water partition coefficient (Wildman–Crippen LogP) is 1.04. The molecule has 0 unspecified atom stereocenters. The molecule has 1 aromatic heterocycles. The van der Waals surface area contributed by atoms with E-state index in [1.165, 1.54) is 37.2 Å². The number of rotatable bonds is 4. The molecule has 6 heteroatoms. The first kappa shape index (κ1) is 16.8. The normalized spacial score (nSPS) is 17.8. The third-order valence-electron chi connectivity index (χ3n) is 4.71. The van der Waals surface area contributed by atoms with Crippen LogP contribution in [0.15, 0.2) is 4.99 Å². The highest BCUT2D eigenvalue weighted by Crippen LogP contribution is 2.14. The zero-order chi connectivity index (χ0) is 16.1. The maximum absolute atomic E-state index is 4.45. The van der Waals surface area contributed by atoms with Crippen LogP contribution in [0, 0.1) is 19.8 Å². The molecule has 2 heterocycles. The molecule has 0 amide bonds. The summed E-state index contributed by atoms with van der Waals surface area (Å²) in [6.07, 6.45) is 2.53. The Labute approximate surface area is 134 Å². The summed E-state index contributed by atoms with van der Waals surface area (Å²) in [7, 11) is 6.01. The van der Waals surface area contributed by atoms with Gasteiger partial charge in [-0.2, -0.15) is 5.10 Å². The maximum Gasteiger partial charge on any atom is 0.191 e. The van der Waals surface area contributed by atoms with Gasteiger partial charge in [0, 0.05) is 38.4 Å². The number of aryl methyl sites for hydroxylation is 2. The van der Waals surface area contributed by atoms with E-state index in [-0.39, 0.29) is 0 Å². The monoisotopic (exact) mass is 306 g/mol. The molecule has 22 heavy (non-hydrogen) atoms. The lowest BCUT2D eigenvalue weighted by molar-refractivity contribution is 0.220. The summed E-state index contributed by atoms with van der Waals surface area (Å²) in [6, 6.07) is 0. The molecule has 1 aliphatic rings. The number of nitrogens with zero attached hydrogens (tertiary/aromatic N) is 4.